The Morgan fingerprint density at radius 1 is 1.16 bits per heavy atom. The van der Waals surface area contributed by atoms with Crippen LogP contribution < -0.4 is 0 Å². The lowest BCUT2D eigenvalue weighted by Gasteiger charge is -2.42. The van der Waals surface area contributed by atoms with Gasteiger partial charge in [-0.05, 0) is 38.6 Å². The zero-order chi connectivity index (χ0) is 14.2. The molecule has 2 unspecified atom stereocenters. The van der Waals surface area contributed by atoms with E-state index in [0.717, 1.165) is 13.1 Å². The Balaban J connectivity index is 2.09. The fraction of sp³-hybridized carbons (Fsp3) is 0.571. The van der Waals surface area contributed by atoms with Gasteiger partial charge in [0.1, 0.15) is 0 Å². The van der Waals surface area contributed by atoms with Gasteiger partial charge in [-0.1, -0.05) is 0 Å². The van der Waals surface area contributed by atoms with E-state index in [-0.39, 0.29) is 0 Å². The molecule has 0 saturated carbocycles. The van der Waals surface area contributed by atoms with Crippen LogP contribution in [0.2, 0.25) is 0 Å². The van der Waals surface area contributed by atoms with Crippen molar-refractivity contribution in [1.82, 2.24) is 9.80 Å². The third-order valence-corrected chi connectivity index (χ3v) is 3.92. The molecule has 0 aromatic heterocycles. The molecule has 3 nitrogen and oxygen atoms in total. The Morgan fingerprint density at radius 3 is 2.11 bits per heavy atom. The summed E-state index contributed by atoms with van der Waals surface area (Å²) in [6, 6.07) is 3.23. The molecule has 2 rings (SSSR count). The monoisotopic (exact) mass is 270 g/mol. The highest BCUT2D eigenvalue weighted by molar-refractivity contribution is 5.30. The maximum Gasteiger partial charge on any atom is 0.187 e. The van der Waals surface area contributed by atoms with Gasteiger partial charge in [-0.2, -0.15) is 0 Å². The number of likely N-dealkylation sites (N-methyl/N-ethyl adjacent to an activating group) is 1. The van der Waals surface area contributed by atoms with Gasteiger partial charge in [0.15, 0.2) is 17.4 Å². The molecule has 2 atom stereocenters. The summed E-state index contributed by atoms with van der Waals surface area (Å²) in [5.74, 6) is -2.70. The van der Waals surface area contributed by atoms with Crippen LogP contribution in [0.5, 0.6) is 5.75 Å². The summed E-state index contributed by atoms with van der Waals surface area (Å²) < 4.78 is 26.6. The molecule has 1 N–H and O–H groups in total. The van der Waals surface area contributed by atoms with Crippen LogP contribution in [-0.4, -0.2) is 47.1 Å². The van der Waals surface area contributed by atoms with Crippen molar-refractivity contribution >= 4 is 0 Å². The van der Waals surface area contributed by atoms with E-state index in [1.54, 1.807) is 0 Å². The van der Waals surface area contributed by atoms with E-state index in [4.69, 9.17) is 5.11 Å². The topological polar surface area (TPSA) is 26.7 Å². The minimum atomic E-state index is -0.899. The molecule has 1 aliphatic rings. The van der Waals surface area contributed by atoms with Crippen LogP contribution in [0.15, 0.2) is 12.1 Å². The molecule has 0 spiro atoms. The zero-order valence-corrected chi connectivity index (χ0v) is 11.5. The fourth-order valence-corrected chi connectivity index (χ4v) is 2.61. The number of nitrogens with zero attached hydrogens (tertiary/aromatic N) is 2. The van der Waals surface area contributed by atoms with Gasteiger partial charge in [0, 0.05) is 31.7 Å². The second-order valence-electron chi connectivity index (χ2n) is 5.47. The Kier molecular flexibility index (Phi) is 4.06. The molecule has 1 saturated heterocycles. The molecule has 0 bridgehead atoms. The lowest BCUT2D eigenvalue weighted by molar-refractivity contribution is 0.0555. The summed E-state index contributed by atoms with van der Waals surface area (Å²) in [5.41, 5.74) is 0.553. The zero-order valence-electron chi connectivity index (χ0n) is 11.5. The Morgan fingerprint density at radius 2 is 1.63 bits per heavy atom. The predicted octanol–water partition coefficient (Wildman–Crippen LogP) is 2.19. The number of halogens is 2. The van der Waals surface area contributed by atoms with Crippen LogP contribution in [0.25, 0.3) is 0 Å². The molecule has 1 heterocycles. The molecule has 0 aliphatic carbocycles. The van der Waals surface area contributed by atoms with Gasteiger partial charge < -0.3 is 5.11 Å². The first kappa shape index (κ1) is 14.2. The highest BCUT2D eigenvalue weighted by Crippen LogP contribution is 2.23. The lowest BCUT2D eigenvalue weighted by atomic mass is 10.1. The molecule has 0 amide bonds. The van der Waals surface area contributed by atoms with Gasteiger partial charge in [-0.3, -0.25) is 9.80 Å². The molecule has 106 valence electrons. The van der Waals surface area contributed by atoms with Crippen molar-refractivity contribution in [2.24, 2.45) is 0 Å². The van der Waals surface area contributed by atoms with Crippen molar-refractivity contribution < 1.29 is 13.9 Å². The normalized spacial score (nSPS) is 25.7. The third kappa shape index (κ3) is 3.04. The van der Waals surface area contributed by atoms with Crippen LogP contribution in [0.1, 0.15) is 19.4 Å². The predicted molar refractivity (Wildman–Crippen MR) is 70.0 cm³/mol. The third-order valence-electron chi connectivity index (χ3n) is 3.92. The minimum Gasteiger partial charge on any atom is -0.503 e. The summed E-state index contributed by atoms with van der Waals surface area (Å²) in [7, 11) is 2.09. The minimum absolute atomic E-state index is 0.413. The van der Waals surface area contributed by atoms with Gasteiger partial charge >= 0.3 is 0 Å². The van der Waals surface area contributed by atoms with Gasteiger partial charge in [0.2, 0.25) is 0 Å². The number of benzene rings is 1. The lowest BCUT2D eigenvalue weighted by Crippen LogP contribution is -2.54. The molecule has 1 aromatic carbocycles. The van der Waals surface area contributed by atoms with E-state index in [2.05, 4.69) is 30.7 Å². The summed E-state index contributed by atoms with van der Waals surface area (Å²) in [6.45, 7) is 6.51. The number of aromatic hydroxyl groups is 1. The van der Waals surface area contributed by atoms with Crippen molar-refractivity contribution in [2.45, 2.75) is 32.5 Å². The van der Waals surface area contributed by atoms with E-state index in [1.807, 2.05) is 0 Å². The van der Waals surface area contributed by atoms with Crippen LogP contribution in [0.4, 0.5) is 8.78 Å². The number of phenolic OH excluding ortho intramolecular Hbond substituents is 1. The largest absolute Gasteiger partial charge is 0.503 e. The average molecular weight is 270 g/mol. The quantitative estimate of drug-likeness (QED) is 0.892. The second-order valence-corrected chi connectivity index (χ2v) is 5.47. The second kappa shape index (κ2) is 5.43. The van der Waals surface area contributed by atoms with Crippen LogP contribution in [0, 0.1) is 11.6 Å². The van der Waals surface area contributed by atoms with Crippen LogP contribution in [0.3, 0.4) is 0 Å². The molecule has 1 aromatic rings. The van der Waals surface area contributed by atoms with Crippen molar-refractivity contribution in [3.63, 3.8) is 0 Å². The van der Waals surface area contributed by atoms with Crippen LogP contribution >= 0.6 is 0 Å². The van der Waals surface area contributed by atoms with Gasteiger partial charge in [0.05, 0.1) is 0 Å². The molecule has 19 heavy (non-hydrogen) atoms. The average Bonchev–Trinajstić information content (AvgIpc) is 2.33. The van der Waals surface area contributed by atoms with Crippen molar-refractivity contribution in [2.75, 3.05) is 20.1 Å². The number of phenols is 1. The molecule has 1 fully saturated rings. The maximum atomic E-state index is 13.3. The fourth-order valence-electron chi connectivity index (χ4n) is 2.61. The smallest absolute Gasteiger partial charge is 0.187 e. The number of rotatable bonds is 2. The Bertz CT molecular complexity index is 432. The number of hydrogen-bond acceptors (Lipinski definition) is 3. The highest BCUT2D eigenvalue weighted by Gasteiger charge is 2.26. The summed E-state index contributed by atoms with van der Waals surface area (Å²) in [6.07, 6.45) is 0. The SMILES string of the molecule is CC1CN(Cc2cc(F)c(O)c(F)c2)CC(C)N1C. The molecule has 0 radical (unpaired) electrons. The van der Waals surface area contributed by atoms with Gasteiger partial charge in [-0.15, -0.1) is 0 Å². The van der Waals surface area contributed by atoms with Gasteiger partial charge in [-0.25, -0.2) is 8.78 Å². The van der Waals surface area contributed by atoms with E-state index < -0.39 is 17.4 Å². The molecular weight excluding hydrogens is 250 g/mol. The number of hydrogen-bond donors (Lipinski definition) is 1. The van der Waals surface area contributed by atoms with Crippen molar-refractivity contribution in [3.8, 4) is 5.75 Å². The summed E-state index contributed by atoms with van der Waals surface area (Å²) in [5, 5.41) is 9.09. The molecule has 1 aliphatic heterocycles. The van der Waals surface area contributed by atoms with Gasteiger partial charge in [0.25, 0.3) is 0 Å². The first-order valence-corrected chi connectivity index (χ1v) is 6.49. The maximum absolute atomic E-state index is 13.3. The van der Waals surface area contributed by atoms with Crippen molar-refractivity contribution in [3.05, 3.63) is 29.3 Å². The Hall–Kier alpha value is -1.20. The summed E-state index contributed by atoms with van der Waals surface area (Å²) >= 11 is 0. The highest BCUT2D eigenvalue weighted by atomic mass is 19.1. The van der Waals surface area contributed by atoms with Crippen LogP contribution in [-0.2, 0) is 6.54 Å². The van der Waals surface area contributed by atoms with E-state index >= 15 is 0 Å². The van der Waals surface area contributed by atoms with E-state index in [1.165, 1.54) is 12.1 Å². The number of piperazine rings is 1. The van der Waals surface area contributed by atoms with E-state index in [9.17, 15) is 8.78 Å². The molecule has 5 heteroatoms. The van der Waals surface area contributed by atoms with E-state index in [0.29, 0.717) is 24.2 Å². The Labute approximate surface area is 112 Å². The van der Waals surface area contributed by atoms with Crippen molar-refractivity contribution in [1.29, 1.82) is 0 Å². The molecular formula is C14H20F2N2O. The first-order chi connectivity index (χ1) is 8.88. The first-order valence-electron chi connectivity index (χ1n) is 6.49. The standard InChI is InChI=1S/C14H20F2N2O/c1-9-6-18(7-10(2)17(9)3)8-11-4-12(15)14(19)13(16)5-11/h4-5,9-10,19H,6-8H2,1-3H3. The summed E-state index contributed by atoms with van der Waals surface area (Å²) in [4.78, 5) is 4.48.